The van der Waals surface area contributed by atoms with Crippen molar-refractivity contribution >= 4 is 33.6 Å². The summed E-state index contributed by atoms with van der Waals surface area (Å²) in [5.41, 5.74) is 0.513. The maximum absolute atomic E-state index is 13.0. The molecule has 1 unspecified atom stereocenters. The average molecular weight is 416 g/mol. The average Bonchev–Trinajstić information content (AvgIpc) is 3.55. The van der Waals surface area contributed by atoms with E-state index in [9.17, 15) is 9.59 Å². The molecule has 1 saturated heterocycles. The monoisotopic (exact) mass is 415 g/mol. The highest BCUT2D eigenvalue weighted by Crippen LogP contribution is 2.46. The van der Waals surface area contributed by atoms with E-state index < -0.39 is 5.54 Å². The molecule has 1 spiro atoms. The largest absolute Gasteiger partial charge is 0.342 e. The molecule has 1 atom stereocenters. The number of nitrogens with zero attached hydrogens (tertiary/aromatic N) is 3. The molecule has 26 heavy (non-hydrogen) atoms. The number of halogens is 1. The van der Waals surface area contributed by atoms with Crippen molar-refractivity contribution in [1.29, 1.82) is 0 Å². The highest BCUT2D eigenvalue weighted by atomic mass is 79.9. The van der Waals surface area contributed by atoms with Crippen LogP contribution in [0.4, 0.5) is 0 Å². The normalized spacial score (nSPS) is 26.6. The van der Waals surface area contributed by atoms with Crippen LogP contribution in [-0.2, 0) is 9.59 Å². The summed E-state index contributed by atoms with van der Waals surface area (Å²) in [5.74, 6) is 1.91. The molecule has 136 valence electrons. The predicted octanol–water partition coefficient (Wildman–Crippen LogP) is 2.83. The molecule has 4 aliphatic rings. The van der Waals surface area contributed by atoms with Crippen molar-refractivity contribution in [2.45, 2.75) is 37.6 Å². The lowest BCUT2D eigenvalue weighted by atomic mass is 10.1. The standard InChI is InChI=1S/C20H22BrN3O2/c21-16-5-3-14(4-6-16)17-22-20(8-9-20)19(26)24(17)12-13-7-10-23(11-13)18(25)15-1-2-15/h3-6,13,15H,1-2,7-12H2. The summed E-state index contributed by atoms with van der Waals surface area (Å²) < 4.78 is 1.02. The summed E-state index contributed by atoms with van der Waals surface area (Å²) in [7, 11) is 0. The first-order chi connectivity index (χ1) is 12.6. The van der Waals surface area contributed by atoms with E-state index in [4.69, 9.17) is 4.99 Å². The Balaban J connectivity index is 1.34. The van der Waals surface area contributed by atoms with Crippen molar-refractivity contribution in [2.24, 2.45) is 16.8 Å². The quantitative estimate of drug-likeness (QED) is 0.758. The molecule has 1 aromatic carbocycles. The number of benzene rings is 1. The molecule has 0 radical (unpaired) electrons. The summed E-state index contributed by atoms with van der Waals surface area (Å²) in [6.07, 6.45) is 4.79. The fourth-order valence-corrected chi connectivity index (χ4v) is 4.38. The van der Waals surface area contributed by atoms with Gasteiger partial charge in [-0.1, -0.05) is 28.1 Å². The van der Waals surface area contributed by atoms with Crippen LogP contribution in [0.15, 0.2) is 33.7 Å². The summed E-state index contributed by atoms with van der Waals surface area (Å²) in [6.45, 7) is 2.28. The minimum Gasteiger partial charge on any atom is -0.342 e. The van der Waals surface area contributed by atoms with E-state index in [1.807, 2.05) is 34.1 Å². The number of carbonyl (C=O) groups is 2. The van der Waals surface area contributed by atoms with Crippen molar-refractivity contribution in [2.75, 3.05) is 19.6 Å². The highest BCUT2D eigenvalue weighted by Gasteiger charge is 2.57. The Kier molecular flexibility index (Phi) is 3.75. The third-order valence-electron chi connectivity index (χ3n) is 6.01. The zero-order chi connectivity index (χ0) is 17.9. The van der Waals surface area contributed by atoms with Gasteiger partial charge in [0.15, 0.2) is 0 Å². The molecule has 0 aromatic heterocycles. The molecule has 0 N–H and O–H groups in total. The smallest absolute Gasteiger partial charge is 0.256 e. The Morgan fingerprint density at radius 2 is 1.92 bits per heavy atom. The van der Waals surface area contributed by atoms with Gasteiger partial charge < -0.3 is 4.90 Å². The minimum atomic E-state index is -0.482. The Morgan fingerprint density at radius 3 is 2.58 bits per heavy atom. The van der Waals surface area contributed by atoms with Gasteiger partial charge in [0.2, 0.25) is 5.91 Å². The Labute approximate surface area is 161 Å². The lowest BCUT2D eigenvalue weighted by Crippen LogP contribution is -2.40. The van der Waals surface area contributed by atoms with Crippen LogP contribution in [-0.4, -0.2) is 52.6 Å². The second-order valence-electron chi connectivity index (χ2n) is 8.10. The first-order valence-electron chi connectivity index (χ1n) is 9.52. The fourth-order valence-electron chi connectivity index (χ4n) is 4.12. The van der Waals surface area contributed by atoms with Crippen LogP contribution in [0.25, 0.3) is 0 Å². The van der Waals surface area contributed by atoms with Crippen molar-refractivity contribution in [3.63, 3.8) is 0 Å². The SMILES string of the molecule is O=C(C1CC1)N1CCC(CN2C(=O)C3(CC3)N=C2c2ccc(Br)cc2)C1. The van der Waals surface area contributed by atoms with Crippen molar-refractivity contribution < 1.29 is 9.59 Å². The molecule has 1 aromatic rings. The Bertz CT molecular complexity index is 796. The highest BCUT2D eigenvalue weighted by molar-refractivity contribution is 9.10. The Morgan fingerprint density at radius 1 is 1.19 bits per heavy atom. The maximum Gasteiger partial charge on any atom is 0.256 e. The van der Waals surface area contributed by atoms with Crippen molar-refractivity contribution in [3.8, 4) is 0 Å². The molecule has 0 bridgehead atoms. The van der Waals surface area contributed by atoms with Gasteiger partial charge in [0.1, 0.15) is 11.4 Å². The molecular formula is C20H22BrN3O2. The number of aliphatic imine (C=N–C) groups is 1. The van der Waals surface area contributed by atoms with Gasteiger partial charge in [-0.15, -0.1) is 0 Å². The molecule has 2 aliphatic heterocycles. The van der Waals surface area contributed by atoms with Gasteiger partial charge in [-0.2, -0.15) is 0 Å². The van der Waals surface area contributed by atoms with Crippen LogP contribution in [0.1, 0.15) is 37.7 Å². The van der Waals surface area contributed by atoms with Gasteiger partial charge in [0, 0.05) is 35.6 Å². The van der Waals surface area contributed by atoms with Crippen LogP contribution in [0.2, 0.25) is 0 Å². The molecule has 5 rings (SSSR count). The molecular weight excluding hydrogens is 394 g/mol. The van der Waals surface area contributed by atoms with Crippen LogP contribution >= 0.6 is 15.9 Å². The zero-order valence-corrected chi connectivity index (χ0v) is 16.2. The lowest BCUT2D eigenvalue weighted by molar-refractivity contribution is -0.131. The van der Waals surface area contributed by atoms with Gasteiger partial charge in [-0.3, -0.25) is 19.5 Å². The van der Waals surface area contributed by atoms with E-state index >= 15 is 0 Å². The van der Waals surface area contributed by atoms with E-state index in [2.05, 4.69) is 15.9 Å². The van der Waals surface area contributed by atoms with Gasteiger partial charge >= 0.3 is 0 Å². The minimum absolute atomic E-state index is 0.155. The van der Waals surface area contributed by atoms with E-state index in [0.717, 1.165) is 61.1 Å². The van der Waals surface area contributed by atoms with Crippen molar-refractivity contribution in [3.05, 3.63) is 34.3 Å². The number of carbonyl (C=O) groups excluding carboxylic acids is 2. The molecule has 6 heteroatoms. The second kappa shape index (κ2) is 5.91. The summed E-state index contributed by atoms with van der Waals surface area (Å²) >= 11 is 3.47. The molecule has 2 saturated carbocycles. The second-order valence-corrected chi connectivity index (χ2v) is 9.02. The number of likely N-dealkylation sites (tertiary alicyclic amines) is 1. The number of hydrogen-bond acceptors (Lipinski definition) is 3. The van der Waals surface area contributed by atoms with Gasteiger partial charge in [0.25, 0.3) is 5.91 Å². The maximum atomic E-state index is 13.0. The third-order valence-corrected chi connectivity index (χ3v) is 6.54. The van der Waals surface area contributed by atoms with Gasteiger partial charge in [0.05, 0.1) is 0 Å². The van der Waals surface area contributed by atoms with Crippen LogP contribution in [0.5, 0.6) is 0 Å². The first kappa shape index (κ1) is 16.5. The van der Waals surface area contributed by atoms with E-state index in [0.29, 0.717) is 18.4 Å². The molecule has 2 aliphatic carbocycles. The number of rotatable bonds is 4. The van der Waals surface area contributed by atoms with E-state index in [1.54, 1.807) is 0 Å². The van der Waals surface area contributed by atoms with Crippen LogP contribution in [0, 0.1) is 11.8 Å². The van der Waals surface area contributed by atoms with Crippen molar-refractivity contribution in [1.82, 2.24) is 9.80 Å². The topological polar surface area (TPSA) is 53.0 Å². The van der Waals surface area contributed by atoms with Gasteiger partial charge in [-0.25, -0.2) is 0 Å². The summed E-state index contributed by atoms with van der Waals surface area (Å²) in [4.78, 5) is 34.0. The molecule has 2 amide bonds. The van der Waals surface area contributed by atoms with Crippen LogP contribution in [0.3, 0.4) is 0 Å². The number of amidine groups is 1. The molecule has 2 heterocycles. The third kappa shape index (κ3) is 2.79. The first-order valence-corrected chi connectivity index (χ1v) is 10.3. The zero-order valence-electron chi connectivity index (χ0n) is 14.7. The molecule has 5 nitrogen and oxygen atoms in total. The summed E-state index contributed by atoms with van der Waals surface area (Å²) in [5, 5.41) is 0. The van der Waals surface area contributed by atoms with Crippen LogP contribution < -0.4 is 0 Å². The number of hydrogen-bond donors (Lipinski definition) is 0. The van der Waals surface area contributed by atoms with E-state index in [1.165, 1.54) is 0 Å². The predicted molar refractivity (Wildman–Crippen MR) is 102 cm³/mol. The molecule has 3 fully saturated rings. The fraction of sp³-hybridized carbons (Fsp3) is 0.550. The number of amides is 2. The van der Waals surface area contributed by atoms with Gasteiger partial charge in [-0.05, 0) is 50.2 Å². The summed E-state index contributed by atoms with van der Waals surface area (Å²) in [6, 6.07) is 8.01. The Hall–Kier alpha value is -1.69. The van der Waals surface area contributed by atoms with E-state index in [-0.39, 0.29) is 11.8 Å². The lowest BCUT2D eigenvalue weighted by Gasteiger charge is -2.23.